The highest BCUT2D eigenvalue weighted by Gasteiger charge is 2.10. The standard InChI is InChI=1S/C16H21N3O/c1-5-17-16-18-9-8-15(19-16)20-14-10-12(4)6-7-13(14)11(2)3/h6-11H,5H2,1-4H3,(H,17,18,19). The molecule has 1 aromatic carbocycles. The van der Waals surface area contributed by atoms with E-state index in [4.69, 9.17) is 4.74 Å². The molecule has 20 heavy (non-hydrogen) atoms. The summed E-state index contributed by atoms with van der Waals surface area (Å²) < 4.78 is 5.95. The summed E-state index contributed by atoms with van der Waals surface area (Å²) in [6.07, 6.45) is 1.70. The second kappa shape index (κ2) is 6.37. The number of hydrogen-bond acceptors (Lipinski definition) is 4. The van der Waals surface area contributed by atoms with Crippen LogP contribution in [0.5, 0.6) is 11.6 Å². The van der Waals surface area contributed by atoms with Crippen molar-refractivity contribution in [2.24, 2.45) is 0 Å². The molecule has 0 amide bonds. The Balaban J connectivity index is 2.29. The number of rotatable bonds is 5. The van der Waals surface area contributed by atoms with Crippen LogP contribution in [0.1, 0.15) is 37.8 Å². The first-order valence-electron chi connectivity index (χ1n) is 6.95. The first kappa shape index (κ1) is 14.3. The van der Waals surface area contributed by atoms with E-state index in [1.165, 1.54) is 11.1 Å². The van der Waals surface area contributed by atoms with Gasteiger partial charge in [0, 0.05) is 18.8 Å². The number of ether oxygens (including phenoxy) is 1. The summed E-state index contributed by atoms with van der Waals surface area (Å²) in [5.74, 6) is 2.41. The molecule has 0 bridgehead atoms. The molecule has 0 aliphatic carbocycles. The van der Waals surface area contributed by atoms with Gasteiger partial charge in [-0.2, -0.15) is 4.98 Å². The Labute approximate surface area is 120 Å². The normalized spacial score (nSPS) is 10.7. The number of aryl methyl sites for hydroxylation is 1. The fraction of sp³-hybridized carbons (Fsp3) is 0.375. The van der Waals surface area contributed by atoms with E-state index in [0.29, 0.717) is 17.7 Å². The van der Waals surface area contributed by atoms with E-state index >= 15 is 0 Å². The zero-order valence-electron chi connectivity index (χ0n) is 12.5. The lowest BCUT2D eigenvalue weighted by atomic mass is 10.0. The first-order valence-corrected chi connectivity index (χ1v) is 6.95. The van der Waals surface area contributed by atoms with Crippen LogP contribution in [0.4, 0.5) is 5.95 Å². The van der Waals surface area contributed by atoms with E-state index < -0.39 is 0 Å². The summed E-state index contributed by atoms with van der Waals surface area (Å²) in [4.78, 5) is 8.49. The highest BCUT2D eigenvalue weighted by molar-refractivity contribution is 5.41. The Morgan fingerprint density at radius 3 is 2.75 bits per heavy atom. The molecule has 4 nitrogen and oxygen atoms in total. The molecule has 0 saturated carbocycles. The zero-order chi connectivity index (χ0) is 14.5. The molecular formula is C16H21N3O. The van der Waals surface area contributed by atoms with Crippen molar-refractivity contribution in [2.45, 2.75) is 33.6 Å². The van der Waals surface area contributed by atoms with E-state index in [1.54, 1.807) is 12.3 Å². The highest BCUT2D eigenvalue weighted by atomic mass is 16.5. The number of benzene rings is 1. The minimum Gasteiger partial charge on any atom is -0.439 e. The molecule has 1 N–H and O–H groups in total. The quantitative estimate of drug-likeness (QED) is 0.888. The summed E-state index contributed by atoms with van der Waals surface area (Å²) >= 11 is 0. The molecule has 0 radical (unpaired) electrons. The van der Waals surface area contributed by atoms with Crippen LogP contribution in [0.3, 0.4) is 0 Å². The van der Waals surface area contributed by atoms with Crippen molar-refractivity contribution in [2.75, 3.05) is 11.9 Å². The monoisotopic (exact) mass is 271 g/mol. The molecule has 0 unspecified atom stereocenters. The fourth-order valence-corrected chi connectivity index (χ4v) is 1.96. The maximum absolute atomic E-state index is 5.95. The maximum Gasteiger partial charge on any atom is 0.225 e. The van der Waals surface area contributed by atoms with Gasteiger partial charge in [0.2, 0.25) is 11.8 Å². The number of anilines is 1. The Hall–Kier alpha value is -2.10. The molecule has 0 atom stereocenters. The van der Waals surface area contributed by atoms with Crippen molar-refractivity contribution in [3.8, 4) is 11.6 Å². The van der Waals surface area contributed by atoms with Crippen LogP contribution in [-0.2, 0) is 0 Å². The molecule has 2 rings (SSSR count). The fourth-order valence-electron chi connectivity index (χ4n) is 1.96. The van der Waals surface area contributed by atoms with Gasteiger partial charge in [0.25, 0.3) is 0 Å². The Morgan fingerprint density at radius 1 is 1.25 bits per heavy atom. The summed E-state index contributed by atoms with van der Waals surface area (Å²) in [7, 11) is 0. The second-order valence-corrected chi connectivity index (χ2v) is 5.05. The largest absolute Gasteiger partial charge is 0.439 e. The minimum absolute atomic E-state index is 0.403. The average molecular weight is 271 g/mol. The van der Waals surface area contributed by atoms with Crippen molar-refractivity contribution in [3.05, 3.63) is 41.6 Å². The van der Waals surface area contributed by atoms with E-state index in [1.807, 2.05) is 13.0 Å². The summed E-state index contributed by atoms with van der Waals surface area (Å²) in [6, 6.07) is 8.03. The third-order valence-corrected chi connectivity index (χ3v) is 2.97. The van der Waals surface area contributed by atoms with Crippen molar-refractivity contribution in [3.63, 3.8) is 0 Å². The molecule has 4 heteroatoms. The van der Waals surface area contributed by atoms with Crippen LogP contribution in [-0.4, -0.2) is 16.5 Å². The molecule has 0 fully saturated rings. The lowest BCUT2D eigenvalue weighted by Crippen LogP contribution is -2.03. The van der Waals surface area contributed by atoms with E-state index in [2.05, 4.69) is 48.2 Å². The molecular weight excluding hydrogens is 250 g/mol. The van der Waals surface area contributed by atoms with Crippen LogP contribution in [0, 0.1) is 6.92 Å². The number of aromatic nitrogens is 2. The minimum atomic E-state index is 0.403. The molecule has 0 aliphatic heterocycles. The smallest absolute Gasteiger partial charge is 0.225 e. The van der Waals surface area contributed by atoms with Gasteiger partial charge in [0.15, 0.2) is 0 Å². The van der Waals surface area contributed by atoms with Gasteiger partial charge >= 0.3 is 0 Å². The lowest BCUT2D eigenvalue weighted by Gasteiger charge is -2.14. The van der Waals surface area contributed by atoms with Crippen LogP contribution in [0.15, 0.2) is 30.5 Å². The van der Waals surface area contributed by atoms with Gasteiger partial charge < -0.3 is 10.1 Å². The third-order valence-electron chi connectivity index (χ3n) is 2.97. The molecule has 1 aromatic heterocycles. The Bertz CT molecular complexity index is 582. The molecule has 0 saturated heterocycles. The first-order chi connectivity index (χ1) is 9.60. The summed E-state index contributed by atoms with van der Waals surface area (Å²) in [5.41, 5.74) is 2.35. The van der Waals surface area contributed by atoms with E-state index in [-0.39, 0.29) is 0 Å². The summed E-state index contributed by atoms with van der Waals surface area (Å²) in [5, 5.41) is 3.08. The third kappa shape index (κ3) is 3.47. The second-order valence-electron chi connectivity index (χ2n) is 5.05. The van der Waals surface area contributed by atoms with Crippen molar-refractivity contribution >= 4 is 5.95 Å². The van der Waals surface area contributed by atoms with Gasteiger partial charge in [0.05, 0.1) is 0 Å². The molecule has 2 aromatic rings. The predicted octanol–water partition coefficient (Wildman–Crippen LogP) is 4.13. The van der Waals surface area contributed by atoms with Gasteiger partial charge in [-0.15, -0.1) is 0 Å². The molecule has 1 heterocycles. The average Bonchev–Trinajstić information content (AvgIpc) is 2.39. The molecule has 0 aliphatic rings. The zero-order valence-corrected chi connectivity index (χ0v) is 12.5. The molecule has 0 spiro atoms. The number of nitrogens with zero attached hydrogens (tertiary/aromatic N) is 2. The Kier molecular flexibility index (Phi) is 4.56. The van der Waals surface area contributed by atoms with Crippen molar-refractivity contribution in [1.82, 2.24) is 9.97 Å². The SMILES string of the molecule is CCNc1nccc(Oc2cc(C)ccc2C(C)C)n1. The predicted molar refractivity (Wildman–Crippen MR) is 81.5 cm³/mol. The number of hydrogen-bond donors (Lipinski definition) is 1. The van der Waals surface area contributed by atoms with Gasteiger partial charge in [-0.3, -0.25) is 0 Å². The van der Waals surface area contributed by atoms with Crippen LogP contribution >= 0.6 is 0 Å². The van der Waals surface area contributed by atoms with Crippen LogP contribution in [0.25, 0.3) is 0 Å². The van der Waals surface area contributed by atoms with Gasteiger partial charge in [-0.25, -0.2) is 4.98 Å². The van der Waals surface area contributed by atoms with E-state index in [0.717, 1.165) is 12.3 Å². The van der Waals surface area contributed by atoms with E-state index in [9.17, 15) is 0 Å². The van der Waals surface area contributed by atoms with Crippen molar-refractivity contribution in [1.29, 1.82) is 0 Å². The summed E-state index contributed by atoms with van der Waals surface area (Å²) in [6.45, 7) is 9.16. The van der Waals surface area contributed by atoms with Crippen molar-refractivity contribution < 1.29 is 4.74 Å². The topological polar surface area (TPSA) is 47.0 Å². The van der Waals surface area contributed by atoms with Gasteiger partial charge in [-0.05, 0) is 37.0 Å². The van der Waals surface area contributed by atoms with Gasteiger partial charge in [-0.1, -0.05) is 26.0 Å². The lowest BCUT2D eigenvalue weighted by molar-refractivity contribution is 0.453. The number of nitrogens with one attached hydrogen (secondary N) is 1. The van der Waals surface area contributed by atoms with Crippen LogP contribution < -0.4 is 10.1 Å². The van der Waals surface area contributed by atoms with Gasteiger partial charge in [0.1, 0.15) is 5.75 Å². The highest BCUT2D eigenvalue weighted by Crippen LogP contribution is 2.30. The van der Waals surface area contributed by atoms with Crippen LogP contribution in [0.2, 0.25) is 0 Å². The molecule has 106 valence electrons. The maximum atomic E-state index is 5.95. The Morgan fingerprint density at radius 2 is 2.05 bits per heavy atom.